The number of rotatable bonds is 4. The second-order valence-corrected chi connectivity index (χ2v) is 6.05. The number of pyridine rings is 1. The molecule has 8 heteroatoms. The average Bonchev–Trinajstić information content (AvgIpc) is 2.47. The quantitative estimate of drug-likeness (QED) is 0.867. The van der Waals surface area contributed by atoms with Gasteiger partial charge in [-0.25, -0.2) is 18.1 Å². The molecule has 0 atom stereocenters. The number of halogens is 1. The van der Waals surface area contributed by atoms with Gasteiger partial charge in [-0.3, -0.25) is 4.79 Å². The van der Waals surface area contributed by atoms with Crippen molar-refractivity contribution in [2.45, 2.75) is 4.90 Å². The van der Waals surface area contributed by atoms with E-state index >= 15 is 0 Å². The van der Waals surface area contributed by atoms with Gasteiger partial charge in [-0.15, -0.1) is 0 Å². The maximum absolute atomic E-state index is 12.0. The molecule has 0 unspecified atom stereocenters. The molecule has 21 heavy (non-hydrogen) atoms. The van der Waals surface area contributed by atoms with Crippen LogP contribution in [0.1, 0.15) is 10.4 Å². The van der Waals surface area contributed by atoms with E-state index in [0.717, 1.165) is 6.20 Å². The lowest BCUT2D eigenvalue weighted by Gasteiger charge is -2.07. The molecule has 6 nitrogen and oxygen atoms in total. The number of amides is 1. The van der Waals surface area contributed by atoms with E-state index in [1.54, 1.807) is 12.1 Å². The minimum absolute atomic E-state index is 0.150. The number of aromatic nitrogens is 1. The molecule has 0 aliphatic rings. The number of carbonyl (C=O) groups excluding carboxylic acids is 1. The fraction of sp³-hybridized carbons (Fsp3) is 0.0769. The molecule has 0 aliphatic heterocycles. The Bertz CT molecular complexity index is 760. The smallest absolute Gasteiger partial charge is 0.265 e. The summed E-state index contributed by atoms with van der Waals surface area (Å²) in [5, 5.41) is 0.160. The highest BCUT2D eigenvalue weighted by Gasteiger charge is 2.19. The van der Waals surface area contributed by atoms with E-state index in [1.165, 1.54) is 31.4 Å². The van der Waals surface area contributed by atoms with Crippen LogP contribution in [-0.4, -0.2) is 26.4 Å². The van der Waals surface area contributed by atoms with Gasteiger partial charge in [-0.1, -0.05) is 17.7 Å². The van der Waals surface area contributed by atoms with Crippen molar-refractivity contribution in [3.05, 3.63) is 53.3 Å². The Morgan fingerprint density at radius 1 is 1.29 bits per heavy atom. The van der Waals surface area contributed by atoms with Gasteiger partial charge < -0.3 is 4.74 Å². The normalized spacial score (nSPS) is 11.0. The molecular weight excluding hydrogens is 316 g/mol. The Balaban J connectivity index is 2.23. The first-order chi connectivity index (χ1) is 9.92. The Morgan fingerprint density at radius 2 is 2.05 bits per heavy atom. The predicted molar refractivity (Wildman–Crippen MR) is 76.9 cm³/mol. The summed E-state index contributed by atoms with van der Waals surface area (Å²) < 4.78 is 31.0. The molecule has 0 aliphatic carbocycles. The number of hydrogen-bond acceptors (Lipinski definition) is 5. The van der Waals surface area contributed by atoms with Gasteiger partial charge in [0.15, 0.2) is 0 Å². The van der Waals surface area contributed by atoms with Crippen LogP contribution in [0.5, 0.6) is 5.75 Å². The summed E-state index contributed by atoms with van der Waals surface area (Å²) in [5.41, 5.74) is 0.167. The summed E-state index contributed by atoms with van der Waals surface area (Å²) in [7, 11) is -2.55. The second kappa shape index (κ2) is 6.11. The Kier molecular flexibility index (Phi) is 4.44. The molecular formula is C13H11ClN2O4S. The van der Waals surface area contributed by atoms with Crippen LogP contribution < -0.4 is 9.46 Å². The van der Waals surface area contributed by atoms with Gasteiger partial charge in [0.05, 0.1) is 7.11 Å². The number of benzene rings is 1. The Hall–Kier alpha value is -2.12. The van der Waals surface area contributed by atoms with E-state index in [1.807, 2.05) is 4.72 Å². The highest BCUT2D eigenvalue weighted by molar-refractivity contribution is 7.90. The van der Waals surface area contributed by atoms with Crippen LogP contribution in [0.4, 0.5) is 0 Å². The van der Waals surface area contributed by atoms with E-state index in [-0.39, 0.29) is 15.6 Å². The largest absolute Gasteiger partial charge is 0.497 e. The van der Waals surface area contributed by atoms with E-state index in [4.69, 9.17) is 16.3 Å². The Morgan fingerprint density at radius 3 is 2.67 bits per heavy atom. The van der Waals surface area contributed by atoms with E-state index in [0.29, 0.717) is 5.75 Å². The molecule has 0 fully saturated rings. The summed E-state index contributed by atoms with van der Waals surface area (Å²) in [4.78, 5) is 15.5. The zero-order chi connectivity index (χ0) is 15.5. The van der Waals surface area contributed by atoms with E-state index in [9.17, 15) is 13.2 Å². The number of hydrogen-bond donors (Lipinski definition) is 1. The average molecular weight is 327 g/mol. The van der Waals surface area contributed by atoms with Crippen LogP contribution in [0.15, 0.2) is 47.5 Å². The van der Waals surface area contributed by atoms with Crippen molar-refractivity contribution in [2.24, 2.45) is 0 Å². The lowest BCUT2D eigenvalue weighted by Crippen LogP contribution is -2.30. The lowest BCUT2D eigenvalue weighted by atomic mass is 10.2. The molecule has 110 valence electrons. The van der Waals surface area contributed by atoms with Crippen LogP contribution in [-0.2, 0) is 10.0 Å². The highest BCUT2D eigenvalue weighted by atomic mass is 35.5. The third-order valence-corrected chi connectivity index (χ3v) is 4.11. The van der Waals surface area contributed by atoms with Crippen molar-refractivity contribution < 1.29 is 17.9 Å². The van der Waals surface area contributed by atoms with Gasteiger partial charge in [0.2, 0.25) is 0 Å². The predicted octanol–water partition coefficient (Wildman–Crippen LogP) is 1.86. The maximum atomic E-state index is 12.0. The molecule has 0 saturated carbocycles. The minimum Gasteiger partial charge on any atom is -0.497 e. The molecule has 2 rings (SSSR count). The number of nitrogens with zero attached hydrogens (tertiary/aromatic N) is 1. The molecule has 2 aromatic rings. The van der Waals surface area contributed by atoms with Gasteiger partial charge in [-0.05, 0) is 30.3 Å². The lowest BCUT2D eigenvalue weighted by molar-refractivity contribution is 0.0981. The SMILES string of the molecule is COc1cccc(C(=O)NS(=O)(=O)c2ccc(Cl)nc2)c1. The van der Waals surface area contributed by atoms with Gasteiger partial charge in [0, 0.05) is 11.8 Å². The topological polar surface area (TPSA) is 85.4 Å². The standard InChI is InChI=1S/C13H11ClN2O4S/c1-20-10-4-2-3-9(7-10)13(17)16-21(18,19)11-5-6-12(14)15-8-11/h2-8H,1H3,(H,16,17). The van der Waals surface area contributed by atoms with Crippen molar-refractivity contribution in [1.82, 2.24) is 9.71 Å². The maximum Gasteiger partial charge on any atom is 0.265 e. The number of nitrogens with one attached hydrogen (secondary N) is 1. The summed E-state index contributed by atoms with van der Waals surface area (Å²) in [6.07, 6.45) is 1.07. The molecule has 0 bridgehead atoms. The van der Waals surface area contributed by atoms with Crippen molar-refractivity contribution in [1.29, 1.82) is 0 Å². The van der Waals surface area contributed by atoms with Gasteiger partial charge in [0.1, 0.15) is 15.8 Å². The zero-order valence-electron chi connectivity index (χ0n) is 10.9. The molecule has 0 radical (unpaired) electrons. The molecule has 1 N–H and O–H groups in total. The molecule has 1 amide bonds. The summed E-state index contributed by atoms with van der Waals surface area (Å²) in [6, 6.07) is 8.74. The van der Waals surface area contributed by atoms with Crippen LogP contribution in [0.2, 0.25) is 5.15 Å². The third kappa shape index (κ3) is 3.71. The van der Waals surface area contributed by atoms with Crippen LogP contribution in [0.3, 0.4) is 0 Å². The highest BCUT2D eigenvalue weighted by Crippen LogP contribution is 2.14. The van der Waals surface area contributed by atoms with Gasteiger partial charge >= 0.3 is 0 Å². The molecule has 1 heterocycles. The van der Waals surface area contributed by atoms with Gasteiger partial charge in [0.25, 0.3) is 15.9 Å². The first-order valence-corrected chi connectivity index (χ1v) is 7.61. The van der Waals surface area contributed by atoms with Crippen molar-refractivity contribution >= 4 is 27.5 Å². The number of carbonyl (C=O) groups is 1. The molecule has 1 aromatic heterocycles. The van der Waals surface area contributed by atoms with E-state index < -0.39 is 15.9 Å². The van der Waals surface area contributed by atoms with Crippen LogP contribution in [0.25, 0.3) is 0 Å². The first-order valence-electron chi connectivity index (χ1n) is 5.75. The third-order valence-electron chi connectivity index (χ3n) is 2.57. The second-order valence-electron chi connectivity index (χ2n) is 3.98. The van der Waals surface area contributed by atoms with Gasteiger partial charge in [-0.2, -0.15) is 0 Å². The fourth-order valence-electron chi connectivity index (χ4n) is 1.53. The minimum atomic E-state index is -4.01. The molecule has 1 aromatic carbocycles. The molecule has 0 saturated heterocycles. The monoisotopic (exact) mass is 326 g/mol. The zero-order valence-corrected chi connectivity index (χ0v) is 12.5. The Labute approximate surface area is 126 Å². The van der Waals surface area contributed by atoms with Crippen LogP contribution in [0, 0.1) is 0 Å². The number of ether oxygens (including phenoxy) is 1. The van der Waals surface area contributed by atoms with Crippen LogP contribution >= 0.6 is 11.6 Å². The molecule has 0 spiro atoms. The number of sulfonamides is 1. The summed E-state index contributed by atoms with van der Waals surface area (Å²) >= 11 is 5.59. The first kappa shape index (κ1) is 15.3. The van der Waals surface area contributed by atoms with E-state index in [2.05, 4.69) is 4.98 Å². The van der Waals surface area contributed by atoms with Crippen molar-refractivity contribution in [2.75, 3.05) is 7.11 Å². The summed E-state index contributed by atoms with van der Waals surface area (Å²) in [5.74, 6) is -0.308. The van der Waals surface area contributed by atoms with Crippen molar-refractivity contribution in [3.8, 4) is 5.75 Å². The fourth-order valence-corrected chi connectivity index (χ4v) is 2.56. The summed E-state index contributed by atoms with van der Waals surface area (Å²) in [6.45, 7) is 0. The number of methoxy groups -OCH3 is 1. The van der Waals surface area contributed by atoms with Crippen molar-refractivity contribution in [3.63, 3.8) is 0 Å².